The van der Waals surface area contributed by atoms with Crippen LogP contribution >= 0.6 is 0 Å². The minimum absolute atomic E-state index is 0.120. The lowest BCUT2D eigenvalue weighted by Gasteiger charge is -2.23. The molecule has 2 aliphatic carbocycles. The van der Waals surface area contributed by atoms with Crippen molar-refractivity contribution in [3.63, 3.8) is 0 Å². The summed E-state index contributed by atoms with van der Waals surface area (Å²) in [4.78, 5) is 12.8. The van der Waals surface area contributed by atoms with Gasteiger partial charge in [0.25, 0.3) is 0 Å². The lowest BCUT2D eigenvalue weighted by molar-refractivity contribution is 0.0500. The lowest BCUT2D eigenvalue weighted by atomic mass is 9.86. The van der Waals surface area contributed by atoms with E-state index in [0.29, 0.717) is 29.7 Å². The Morgan fingerprint density at radius 2 is 2.07 bits per heavy atom. The van der Waals surface area contributed by atoms with E-state index in [1.54, 1.807) is 18.2 Å². The number of nitrogens with two attached hydrogens (primary N) is 1. The van der Waals surface area contributed by atoms with Crippen molar-refractivity contribution >= 4 is 12.0 Å². The highest BCUT2D eigenvalue weighted by Crippen LogP contribution is 2.41. The molecular formula is C24H24N2O3. The van der Waals surface area contributed by atoms with Crippen LogP contribution in [0.15, 0.2) is 53.0 Å². The first kappa shape index (κ1) is 19.2. The minimum Gasteiger partial charge on any atom is -0.462 e. The van der Waals surface area contributed by atoms with Gasteiger partial charge in [-0.3, -0.25) is 0 Å². The normalized spacial score (nSPS) is 15.3. The molecule has 1 unspecified atom stereocenters. The number of fused-ring (bicyclic) bond motifs is 2. The van der Waals surface area contributed by atoms with Crippen LogP contribution in [-0.2, 0) is 11.2 Å². The van der Waals surface area contributed by atoms with Crippen molar-refractivity contribution in [3.05, 3.63) is 70.8 Å². The van der Waals surface area contributed by atoms with Crippen molar-refractivity contribution in [2.45, 2.75) is 32.2 Å². The fourth-order valence-electron chi connectivity index (χ4n) is 3.67. The topological polar surface area (TPSA) is 89.3 Å². The number of benzene rings is 2. The molecule has 1 aromatic rings. The number of carbonyl (C=O) groups is 1. The van der Waals surface area contributed by atoms with E-state index in [4.69, 9.17) is 20.3 Å². The summed E-state index contributed by atoms with van der Waals surface area (Å²) in [5.74, 6) is 1.05. The average Bonchev–Trinajstić information content (AvgIpc) is 2.72. The maximum Gasteiger partial charge on any atom is 0.338 e. The molecule has 0 saturated heterocycles. The number of nitrogens with one attached hydrogen (secondary N) is 1. The summed E-state index contributed by atoms with van der Waals surface area (Å²) >= 11 is 0. The van der Waals surface area contributed by atoms with E-state index in [0.717, 1.165) is 40.9 Å². The van der Waals surface area contributed by atoms with Crippen LogP contribution in [0.3, 0.4) is 0 Å². The zero-order chi connectivity index (χ0) is 20.4. The zero-order valence-electron chi connectivity index (χ0n) is 16.4. The first-order valence-corrected chi connectivity index (χ1v) is 9.93. The van der Waals surface area contributed by atoms with Crippen molar-refractivity contribution in [1.82, 2.24) is 0 Å². The van der Waals surface area contributed by atoms with Crippen LogP contribution in [0.2, 0.25) is 0 Å². The first-order chi connectivity index (χ1) is 14.1. The van der Waals surface area contributed by atoms with Crippen LogP contribution in [0.1, 0.15) is 41.4 Å². The van der Waals surface area contributed by atoms with Gasteiger partial charge < -0.3 is 20.3 Å². The van der Waals surface area contributed by atoms with Gasteiger partial charge in [-0.2, -0.15) is 0 Å². The second-order valence-electron chi connectivity index (χ2n) is 7.29. The quantitative estimate of drug-likeness (QED) is 0.501. The summed E-state index contributed by atoms with van der Waals surface area (Å²) in [6.45, 7) is 2.47. The van der Waals surface area contributed by atoms with Gasteiger partial charge in [-0.25, -0.2) is 4.79 Å². The molecule has 0 radical (unpaired) electrons. The van der Waals surface area contributed by atoms with Crippen LogP contribution in [0, 0.1) is 5.41 Å². The van der Waals surface area contributed by atoms with Crippen LogP contribution in [0.5, 0.6) is 0 Å². The Hall–Kier alpha value is -3.18. The van der Waals surface area contributed by atoms with Gasteiger partial charge in [0, 0.05) is 35.2 Å². The van der Waals surface area contributed by atoms with E-state index in [1.807, 2.05) is 36.4 Å². The number of esters is 1. The summed E-state index contributed by atoms with van der Waals surface area (Å²) in [6, 6.07) is 12.7. The summed E-state index contributed by atoms with van der Waals surface area (Å²) in [5.41, 5.74) is 10.1. The summed E-state index contributed by atoms with van der Waals surface area (Å²) < 4.78 is 11.6. The highest BCUT2D eigenvalue weighted by atomic mass is 16.5. The molecule has 0 fully saturated rings. The molecule has 4 rings (SSSR count). The fraction of sp³-hybridized carbons (Fsp3) is 0.250. The Balaban J connectivity index is 1.93. The molecule has 1 aliphatic heterocycles. The molecule has 1 atom stereocenters. The molecule has 0 aromatic heterocycles. The maximum atomic E-state index is 12.8. The highest BCUT2D eigenvalue weighted by molar-refractivity contribution is 6.01. The molecule has 0 bridgehead atoms. The smallest absolute Gasteiger partial charge is 0.338 e. The Morgan fingerprint density at radius 3 is 2.90 bits per heavy atom. The Bertz CT molecular complexity index is 1110. The van der Waals surface area contributed by atoms with Crippen molar-refractivity contribution < 1.29 is 13.9 Å². The number of unbranched alkanes of at least 4 members (excludes halogenated alkanes) is 1. The van der Waals surface area contributed by atoms with Crippen molar-refractivity contribution in [1.29, 1.82) is 5.41 Å². The second kappa shape index (κ2) is 8.05. The van der Waals surface area contributed by atoms with E-state index in [2.05, 4.69) is 6.92 Å². The molecule has 1 heterocycles. The van der Waals surface area contributed by atoms with Gasteiger partial charge in [0.15, 0.2) is 0 Å². The van der Waals surface area contributed by atoms with Crippen LogP contribution < -0.4 is 11.1 Å². The number of carbonyl (C=O) groups excluding carboxylic acids is 1. The van der Waals surface area contributed by atoms with Gasteiger partial charge in [0.1, 0.15) is 11.5 Å². The Labute approximate surface area is 169 Å². The summed E-state index contributed by atoms with van der Waals surface area (Å²) in [5, 5.41) is 8.33. The minimum atomic E-state index is -0.328. The third-order valence-corrected chi connectivity index (χ3v) is 5.13. The van der Waals surface area contributed by atoms with Gasteiger partial charge >= 0.3 is 5.97 Å². The standard InChI is InChI=1S/C24H24N2O3/c1-2-3-12-28-24(27)18-7-5-4-6-17(18)23-19-10-8-15(25)13-21(19)29-22-14-16(26)9-11-20(22)23/h4-11,13,16,25H,2-3,12,14,26H2,1H3. The number of hydrogen-bond acceptors (Lipinski definition) is 5. The molecule has 1 aromatic carbocycles. The van der Waals surface area contributed by atoms with Gasteiger partial charge in [-0.05, 0) is 30.2 Å². The van der Waals surface area contributed by atoms with E-state index >= 15 is 0 Å². The van der Waals surface area contributed by atoms with Gasteiger partial charge in [-0.15, -0.1) is 0 Å². The average molecular weight is 388 g/mol. The second-order valence-corrected chi connectivity index (χ2v) is 7.29. The number of rotatable bonds is 5. The van der Waals surface area contributed by atoms with Gasteiger partial charge in [0.05, 0.1) is 17.5 Å². The predicted molar refractivity (Wildman–Crippen MR) is 113 cm³/mol. The van der Waals surface area contributed by atoms with E-state index < -0.39 is 0 Å². The third-order valence-electron chi connectivity index (χ3n) is 5.13. The molecule has 5 nitrogen and oxygen atoms in total. The Morgan fingerprint density at radius 1 is 1.24 bits per heavy atom. The van der Waals surface area contributed by atoms with Crippen molar-refractivity contribution in [3.8, 4) is 22.5 Å². The highest BCUT2D eigenvalue weighted by Gasteiger charge is 2.26. The van der Waals surface area contributed by atoms with E-state index in [9.17, 15) is 4.79 Å². The first-order valence-electron chi connectivity index (χ1n) is 9.93. The molecule has 5 heteroatoms. The molecule has 0 amide bonds. The van der Waals surface area contributed by atoms with Crippen molar-refractivity contribution in [2.24, 2.45) is 5.73 Å². The number of ether oxygens (including phenoxy) is 1. The molecule has 29 heavy (non-hydrogen) atoms. The molecule has 148 valence electrons. The van der Waals surface area contributed by atoms with Crippen LogP contribution in [0.25, 0.3) is 28.5 Å². The summed E-state index contributed by atoms with van der Waals surface area (Å²) in [7, 11) is 0. The predicted octanol–water partition coefficient (Wildman–Crippen LogP) is 4.38. The SMILES string of the molecule is CCCCOC(=O)c1ccccc1-c1c2ccc(=N)cc-2oc2c1C=CC(N)C2. The molecule has 0 saturated carbocycles. The van der Waals surface area contributed by atoms with Crippen LogP contribution in [0.4, 0.5) is 0 Å². The van der Waals surface area contributed by atoms with Crippen molar-refractivity contribution in [2.75, 3.05) is 6.61 Å². The van der Waals surface area contributed by atoms with Gasteiger partial charge in [-0.1, -0.05) is 43.7 Å². The number of hydrogen-bond donors (Lipinski definition) is 2. The molecule has 0 spiro atoms. The van der Waals surface area contributed by atoms with E-state index in [-0.39, 0.29) is 12.0 Å². The van der Waals surface area contributed by atoms with Gasteiger partial charge in [0.2, 0.25) is 0 Å². The monoisotopic (exact) mass is 388 g/mol. The largest absolute Gasteiger partial charge is 0.462 e. The third kappa shape index (κ3) is 3.74. The lowest BCUT2D eigenvalue weighted by Crippen LogP contribution is -2.23. The zero-order valence-corrected chi connectivity index (χ0v) is 16.4. The molecular weight excluding hydrogens is 364 g/mol. The molecule has 3 N–H and O–H groups in total. The van der Waals surface area contributed by atoms with Crippen LogP contribution in [-0.4, -0.2) is 18.6 Å². The Kier molecular flexibility index (Phi) is 5.32. The summed E-state index contributed by atoms with van der Waals surface area (Å²) in [6.07, 6.45) is 6.29. The van der Waals surface area contributed by atoms with E-state index in [1.165, 1.54) is 0 Å². The fourth-order valence-corrected chi connectivity index (χ4v) is 3.67. The molecule has 3 aliphatic rings. The maximum absolute atomic E-state index is 12.8.